The molecule has 8 heteroatoms. The smallest absolute Gasteiger partial charge is 0.336 e. The van der Waals surface area contributed by atoms with Crippen LogP contribution >= 0.6 is 22.9 Å². The minimum atomic E-state index is -3.67. The van der Waals surface area contributed by atoms with Crippen LogP contribution in [0.25, 0.3) is 0 Å². The highest BCUT2D eigenvalue weighted by molar-refractivity contribution is 7.91. The van der Waals surface area contributed by atoms with Crippen molar-refractivity contribution in [3.8, 4) is 0 Å². The number of halogens is 1. The fraction of sp³-hybridized carbons (Fsp3) is 0.154. The largest absolute Gasteiger partial charge is 0.478 e. The van der Waals surface area contributed by atoms with Gasteiger partial charge in [0, 0.05) is 16.9 Å². The van der Waals surface area contributed by atoms with Crippen LogP contribution in [-0.4, -0.2) is 26.0 Å². The number of hydrogen-bond donors (Lipinski definition) is 2. The molecule has 0 aliphatic rings. The van der Waals surface area contributed by atoms with Gasteiger partial charge in [-0.05, 0) is 30.2 Å². The molecule has 0 aliphatic heterocycles. The fourth-order valence-corrected chi connectivity index (χ4v) is 3.98. The lowest BCUT2D eigenvalue weighted by molar-refractivity contribution is 0.0697. The van der Waals surface area contributed by atoms with Gasteiger partial charge in [-0.3, -0.25) is 0 Å². The number of thiophene rings is 1. The van der Waals surface area contributed by atoms with Crippen molar-refractivity contribution in [3.63, 3.8) is 0 Å². The SMILES string of the molecule is O=C(O)c1csc(S(=O)(=O)NCCc2ccc(Cl)cc2)c1. The summed E-state index contributed by atoms with van der Waals surface area (Å²) in [4.78, 5) is 10.7. The van der Waals surface area contributed by atoms with E-state index in [1.165, 1.54) is 5.38 Å². The summed E-state index contributed by atoms with van der Waals surface area (Å²) in [5, 5.41) is 10.7. The first-order valence-electron chi connectivity index (χ1n) is 5.94. The summed E-state index contributed by atoms with van der Waals surface area (Å²) in [5.74, 6) is -1.14. The van der Waals surface area contributed by atoms with Gasteiger partial charge in [0.05, 0.1) is 5.56 Å². The summed E-state index contributed by atoms with van der Waals surface area (Å²) in [6, 6.07) is 8.28. The van der Waals surface area contributed by atoms with Gasteiger partial charge in [-0.2, -0.15) is 0 Å². The maximum Gasteiger partial charge on any atom is 0.336 e. The molecule has 0 atom stereocenters. The topological polar surface area (TPSA) is 83.5 Å². The van der Waals surface area contributed by atoms with Gasteiger partial charge in [0.25, 0.3) is 0 Å². The molecule has 0 radical (unpaired) electrons. The van der Waals surface area contributed by atoms with Crippen LogP contribution in [0.3, 0.4) is 0 Å². The van der Waals surface area contributed by atoms with E-state index >= 15 is 0 Å². The molecule has 112 valence electrons. The summed E-state index contributed by atoms with van der Waals surface area (Å²) < 4.78 is 26.4. The Labute approximate surface area is 131 Å². The van der Waals surface area contributed by atoms with E-state index in [0.717, 1.165) is 23.0 Å². The zero-order valence-corrected chi connectivity index (χ0v) is 13.1. The number of aromatic carboxylic acids is 1. The van der Waals surface area contributed by atoms with Gasteiger partial charge in [0.2, 0.25) is 10.0 Å². The van der Waals surface area contributed by atoms with E-state index in [1.54, 1.807) is 12.1 Å². The zero-order valence-electron chi connectivity index (χ0n) is 10.7. The molecule has 5 nitrogen and oxygen atoms in total. The highest BCUT2D eigenvalue weighted by Crippen LogP contribution is 2.20. The molecule has 0 spiro atoms. The molecular weight excluding hydrogens is 334 g/mol. The Hall–Kier alpha value is -1.41. The van der Waals surface area contributed by atoms with Crippen LogP contribution in [0.15, 0.2) is 39.9 Å². The molecule has 0 fully saturated rings. The number of carboxylic acids is 1. The normalized spacial score (nSPS) is 11.5. The molecule has 0 bridgehead atoms. The van der Waals surface area contributed by atoms with Gasteiger partial charge in [-0.1, -0.05) is 23.7 Å². The van der Waals surface area contributed by atoms with Gasteiger partial charge in [-0.15, -0.1) is 11.3 Å². The predicted molar refractivity (Wildman–Crippen MR) is 81.6 cm³/mol. The van der Waals surface area contributed by atoms with Crippen LogP contribution in [0.2, 0.25) is 5.02 Å². The van der Waals surface area contributed by atoms with Gasteiger partial charge in [0.15, 0.2) is 0 Å². The second kappa shape index (κ2) is 6.57. The van der Waals surface area contributed by atoms with Crippen molar-refractivity contribution in [2.75, 3.05) is 6.54 Å². The number of rotatable bonds is 6. The maximum absolute atomic E-state index is 12.0. The molecule has 0 amide bonds. The van der Waals surface area contributed by atoms with E-state index in [4.69, 9.17) is 16.7 Å². The van der Waals surface area contributed by atoms with Gasteiger partial charge >= 0.3 is 5.97 Å². The van der Waals surface area contributed by atoms with Crippen molar-refractivity contribution in [2.24, 2.45) is 0 Å². The Bertz CT molecular complexity index is 738. The lowest BCUT2D eigenvalue weighted by Crippen LogP contribution is -2.25. The van der Waals surface area contributed by atoms with E-state index in [1.807, 2.05) is 12.1 Å². The van der Waals surface area contributed by atoms with E-state index < -0.39 is 16.0 Å². The van der Waals surface area contributed by atoms with E-state index in [2.05, 4.69) is 4.72 Å². The van der Waals surface area contributed by atoms with E-state index in [-0.39, 0.29) is 16.3 Å². The third-order valence-electron chi connectivity index (χ3n) is 2.71. The van der Waals surface area contributed by atoms with Gasteiger partial charge < -0.3 is 5.11 Å². The molecule has 1 aromatic carbocycles. The van der Waals surface area contributed by atoms with Crippen molar-refractivity contribution >= 4 is 38.9 Å². The van der Waals surface area contributed by atoms with Gasteiger partial charge in [-0.25, -0.2) is 17.9 Å². The number of carboxylic acid groups (broad SMARTS) is 1. The first-order chi connectivity index (χ1) is 9.88. The Morgan fingerprint density at radius 1 is 1.29 bits per heavy atom. The van der Waals surface area contributed by atoms with E-state index in [0.29, 0.717) is 11.4 Å². The standard InChI is InChI=1S/C13H12ClNO4S2/c14-11-3-1-9(2-4-11)5-6-15-21(18,19)12-7-10(8-20-12)13(16)17/h1-4,7-8,15H,5-6H2,(H,16,17). The Morgan fingerprint density at radius 2 is 1.95 bits per heavy atom. The Kier molecular flexibility index (Phi) is 5.00. The maximum atomic E-state index is 12.0. The van der Waals surface area contributed by atoms with Crippen LogP contribution in [0, 0.1) is 0 Å². The van der Waals surface area contributed by atoms with Crippen molar-refractivity contribution in [1.82, 2.24) is 4.72 Å². The summed E-state index contributed by atoms with van der Waals surface area (Å²) in [5.41, 5.74) is 0.928. The number of nitrogens with one attached hydrogen (secondary N) is 1. The minimum Gasteiger partial charge on any atom is -0.478 e. The highest BCUT2D eigenvalue weighted by atomic mass is 35.5. The van der Waals surface area contributed by atoms with Crippen LogP contribution in [0.5, 0.6) is 0 Å². The molecule has 2 rings (SSSR count). The molecule has 0 saturated heterocycles. The molecule has 21 heavy (non-hydrogen) atoms. The van der Waals surface area contributed by atoms with Crippen molar-refractivity contribution in [2.45, 2.75) is 10.6 Å². The predicted octanol–water partition coefficient (Wildman–Crippen LogP) is 2.62. The summed E-state index contributed by atoms with van der Waals surface area (Å²) in [7, 11) is -3.67. The van der Waals surface area contributed by atoms with Crippen molar-refractivity contribution < 1.29 is 18.3 Å². The molecule has 2 N–H and O–H groups in total. The average Bonchev–Trinajstić information content (AvgIpc) is 2.91. The van der Waals surface area contributed by atoms with Crippen LogP contribution in [0.4, 0.5) is 0 Å². The Morgan fingerprint density at radius 3 is 2.52 bits per heavy atom. The third kappa shape index (κ3) is 4.28. The monoisotopic (exact) mass is 345 g/mol. The summed E-state index contributed by atoms with van der Waals surface area (Å²) in [6.07, 6.45) is 0.521. The number of benzene rings is 1. The first-order valence-corrected chi connectivity index (χ1v) is 8.68. The molecular formula is C13H12ClNO4S2. The van der Waals surface area contributed by atoms with Gasteiger partial charge in [0.1, 0.15) is 4.21 Å². The van der Waals surface area contributed by atoms with Crippen molar-refractivity contribution in [1.29, 1.82) is 0 Å². The lowest BCUT2D eigenvalue weighted by Gasteiger charge is -2.05. The Balaban J connectivity index is 1.97. The minimum absolute atomic E-state index is 0.00370. The number of hydrogen-bond acceptors (Lipinski definition) is 4. The lowest BCUT2D eigenvalue weighted by atomic mass is 10.2. The molecule has 0 aliphatic carbocycles. The second-order valence-electron chi connectivity index (χ2n) is 4.23. The van der Waals surface area contributed by atoms with Crippen LogP contribution in [0.1, 0.15) is 15.9 Å². The molecule has 0 saturated carbocycles. The van der Waals surface area contributed by atoms with Crippen molar-refractivity contribution in [3.05, 3.63) is 51.9 Å². The van der Waals surface area contributed by atoms with Crippen LogP contribution < -0.4 is 4.72 Å². The average molecular weight is 346 g/mol. The third-order valence-corrected chi connectivity index (χ3v) is 5.86. The first kappa shape index (κ1) is 16.0. The molecule has 0 unspecified atom stereocenters. The number of carbonyl (C=O) groups is 1. The zero-order chi connectivity index (χ0) is 15.5. The van der Waals surface area contributed by atoms with E-state index in [9.17, 15) is 13.2 Å². The molecule has 1 heterocycles. The summed E-state index contributed by atoms with van der Waals surface area (Å²) in [6.45, 7) is 0.226. The molecule has 2 aromatic rings. The molecule has 1 aromatic heterocycles. The fourth-order valence-electron chi connectivity index (χ4n) is 1.62. The van der Waals surface area contributed by atoms with Crippen LogP contribution in [-0.2, 0) is 16.4 Å². The summed E-state index contributed by atoms with van der Waals surface area (Å²) >= 11 is 6.65. The highest BCUT2D eigenvalue weighted by Gasteiger charge is 2.18. The quantitative estimate of drug-likeness (QED) is 0.843. The second-order valence-corrected chi connectivity index (χ2v) is 7.58. The number of sulfonamides is 1.